The number of benzene rings is 2. The Kier molecular flexibility index (Phi) is 7.13. The van der Waals surface area contributed by atoms with Crippen molar-refractivity contribution in [3.63, 3.8) is 0 Å². The number of nitrogen functional groups attached to an aromatic ring is 1. The van der Waals surface area contributed by atoms with Crippen molar-refractivity contribution in [3.8, 4) is 11.5 Å². The number of halogens is 2. The SMILES string of the molecule is COc1ccc(Br)cc1N.COc1ccc(Br)cc1[N+](=O)[O-]. The molecule has 22 heavy (non-hydrogen) atoms. The fourth-order valence-corrected chi connectivity index (χ4v) is 2.24. The van der Waals surface area contributed by atoms with Gasteiger partial charge in [-0.25, -0.2) is 0 Å². The quantitative estimate of drug-likeness (QED) is 0.440. The van der Waals surface area contributed by atoms with Crippen LogP contribution in [0.1, 0.15) is 0 Å². The lowest BCUT2D eigenvalue weighted by molar-refractivity contribution is -0.385. The van der Waals surface area contributed by atoms with Gasteiger partial charge in [-0.05, 0) is 30.3 Å². The van der Waals surface area contributed by atoms with Gasteiger partial charge >= 0.3 is 5.69 Å². The van der Waals surface area contributed by atoms with E-state index in [0.717, 1.165) is 4.47 Å². The molecule has 0 amide bonds. The predicted molar refractivity (Wildman–Crippen MR) is 92.5 cm³/mol. The number of nitro benzene ring substituents is 1. The first-order valence-corrected chi connectivity index (χ1v) is 7.54. The summed E-state index contributed by atoms with van der Waals surface area (Å²) in [4.78, 5) is 9.96. The third kappa shape index (κ3) is 5.19. The summed E-state index contributed by atoms with van der Waals surface area (Å²) >= 11 is 6.42. The van der Waals surface area contributed by atoms with E-state index in [9.17, 15) is 10.1 Å². The van der Waals surface area contributed by atoms with E-state index in [4.69, 9.17) is 15.2 Å². The molecule has 2 aromatic carbocycles. The van der Waals surface area contributed by atoms with Crippen molar-refractivity contribution in [2.45, 2.75) is 0 Å². The van der Waals surface area contributed by atoms with Gasteiger partial charge in [-0.15, -0.1) is 0 Å². The average Bonchev–Trinajstić information content (AvgIpc) is 2.48. The minimum absolute atomic E-state index is 0.0353. The molecule has 0 aliphatic rings. The molecule has 0 aliphatic heterocycles. The van der Waals surface area contributed by atoms with Gasteiger partial charge in [0, 0.05) is 15.0 Å². The normalized spacial score (nSPS) is 9.45. The zero-order valence-corrected chi connectivity index (χ0v) is 15.0. The van der Waals surface area contributed by atoms with Crippen molar-refractivity contribution >= 4 is 43.2 Å². The zero-order chi connectivity index (χ0) is 16.7. The molecule has 0 fully saturated rings. The van der Waals surface area contributed by atoms with Crippen LogP contribution in [0, 0.1) is 10.1 Å². The van der Waals surface area contributed by atoms with Crippen LogP contribution in [-0.2, 0) is 0 Å². The minimum atomic E-state index is -0.483. The molecule has 2 rings (SSSR count). The van der Waals surface area contributed by atoms with Gasteiger partial charge in [0.25, 0.3) is 0 Å². The second-order valence-electron chi connectivity index (χ2n) is 3.96. The van der Waals surface area contributed by atoms with Crippen molar-refractivity contribution in [2.24, 2.45) is 0 Å². The Hall–Kier alpha value is -1.80. The van der Waals surface area contributed by atoms with Crippen molar-refractivity contribution in [1.82, 2.24) is 0 Å². The number of anilines is 1. The number of nitro groups is 1. The van der Waals surface area contributed by atoms with Crippen LogP contribution in [0.2, 0.25) is 0 Å². The average molecular weight is 434 g/mol. The molecule has 0 aromatic heterocycles. The predicted octanol–water partition coefficient (Wildman–Crippen LogP) is 4.41. The van der Waals surface area contributed by atoms with Crippen molar-refractivity contribution in [1.29, 1.82) is 0 Å². The van der Waals surface area contributed by atoms with Crippen LogP contribution in [0.5, 0.6) is 11.5 Å². The third-order valence-corrected chi connectivity index (χ3v) is 3.52. The fourth-order valence-electron chi connectivity index (χ4n) is 1.51. The summed E-state index contributed by atoms with van der Waals surface area (Å²) in [6, 6.07) is 10.1. The molecule has 0 atom stereocenters. The summed E-state index contributed by atoms with van der Waals surface area (Å²) in [6.07, 6.45) is 0. The topological polar surface area (TPSA) is 87.6 Å². The maximum Gasteiger partial charge on any atom is 0.312 e. The molecule has 0 saturated carbocycles. The highest BCUT2D eigenvalue weighted by atomic mass is 79.9. The summed E-state index contributed by atoms with van der Waals surface area (Å²) in [5, 5.41) is 10.4. The molecule has 0 heterocycles. The Morgan fingerprint density at radius 1 is 1.00 bits per heavy atom. The number of rotatable bonds is 3. The summed E-state index contributed by atoms with van der Waals surface area (Å²) < 4.78 is 11.4. The summed E-state index contributed by atoms with van der Waals surface area (Å²) in [5.74, 6) is 0.978. The second kappa shape index (κ2) is 8.60. The number of nitrogens with zero attached hydrogens (tertiary/aromatic N) is 1. The van der Waals surface area contributed by atoms with E-state index in [2.05, 4.69) is 31.9 Å². The van der Waals surface area contributed by atoms with Crippen LogP contribution in [0.25, 0.3) is 0 Å². The van der Waals surface area contributed by atoms with Gasteiger partial charge in [-0.2, -0.15) is 0 Å². The number of hydrogen-bond acceptors (Lipinski definition) is 5. The van der Waals surface area contributed by atoms with Gasteiger partial charge in [-0.1, -0.05) is 31.9 Å². The Morgan fingerprint density at radius 2 is 1.50 bits per heavy atom. The van der Waals surface area contributed by atoms with Gasteiger partial charge in [0.05, 0.1) is 24.8 Å². The Bertz CT molecular complexity index is 665. The standard InChI is InChI=1S/C7H6BrNO3.C7H8BrNO/c1-12-7-3-2-5(8)4-6(7)9(10)11;1-10-7-3-2-5(8)4-6(7)9/h2-4H,1H3;2-4H,9H2,1H3. The van der Waals surface area contributed by atoms with Crippen molar-refractivity contribution in [2.75, 3.05) is 20.0 Å². The van der Waals surface area contributed by atoms with Crippen LogP contribution in [0.15, 0.2) is 45.3 Å². The number of methoxy groups -OCH3 is 2. The fraction of sp³-hybridized carbons (Fsp3) is 0.143. The molecule has 8 heteroatoms. The molecule has 0 radical (unpaired) electrons. The Labute approximate surface area is 144 Å². The molecule has 0 bridgehead atoms. The highest BCUT2D eigenvalue weighted by molar-refractivity contribution is 9.10. The summed E-state index contributed by atoms with van der Waals surface area (Å²) in [6.45, 7) is 0. The molecule has 0 aliphatic carbocycles. The molecule has 0 unspecified atom stereocenters. The van der Waals surface area contributed by atoms with Gasteiger partial charge in [0.1, 0.15) is 5.75 Å². The van der Waals surface area contributed by atoms with E-state index >= 15 is 0 Å². The Balaban J connectivity index is 0.000000224. The van der Waals surface area contributed by atoms with Crippen molar-refractivity contribution in [3.05, 3.63) is 55.5 Å². The zero-order valence-electron chi connectivity index (χ0n) is 11.9. The van der Waals surface area contributed by atoms with Crippen LogP contribution >= 0.6 is 31.9 Å². The van der Waals surface area contributed by atoms with Crippen LogP contribution in [0.4, 0.5) is 11.4 Å². The van der Waals surface area contributed by atoms with Gasteiger partial charge in [0.15, 0.2) is 5.75 Å². The van der Waals surface area contributed by atoms with Crippen LogP contribution < -0.4 is 15.2 Å². The number of nitrogens with two attached hydrogens (primary N) is 1. The second-order valence-corrected chi connectivity index (χ2v) is 5.79. The van der Waals surface area contributed by atoms with E-state index < -0.39 is 4.92 Å². The molecule has 6 nitrogen and oxygen atoms in total. The first kappa shape index (κ1) is 18.2. The highest BCUT2D eigenvalue weighted by Crippen LogP contribution is 2.29. The van der Waals surface area contributed by atoms with E-state index in [1.54, 1.807) is 25.3 Å². The van der Waals surface area contributed by atoms with Crippen molar-refractivity contribution < 1.29 is 14.4 Å². The monoisotopic (exact) mass is 432 g/mol. The minimum Gasteiger partial charge on any atom is -0.495 e. The smallest absolute Gasteiger partial charge is 0.312 e. The molecule has 118 valence electrons. The van der Waals surface area contributed by atoms with E-state index in [1.807, 2.05) is 12.1 Å². The van der Waals surface area contributed by atoms with Gasteiger partial charge < -0.3 is 15.2 Å². The third-order valence-electron chi connectivity index (χ3n) is 2.53. The lowest BCUT2D eigenvalue weighted by Crippen LogP contribution is -1.92. The van der Waals surface area contributed by atoms with E-state index in [0.29, 0.717) is 15.9 Å². The maximum atomic E-state index is 10.4. The van der Waals surface area contributed by atoms with Crippen LogP contribution in [-0.4, -0.2) is 19.1 Å². The molecule has 2 aromatic rings. The molecule has 0 spiro atoms. The maximum absolute atomic E-state index is 10.4. The summed E-state index contributed by atoms with van der Waals surface area (Å²) in [5.41, 5.74) is 6.19. The molecular formula is C14H14Br2N2O4. The Morgan fingerprint density at radius 3 is 1.95 bits per heavy atom. The van der Waals surface area contributed by atoms with Crippen LogP contribution in [0.3, 0.4) is 0 Å². The largest absolute Gasteiger partial charge is 0.495 e. The lowest BCUT2D eigenvalue weighted by Gasteiger charge is -2.02. The van der Waals surface area contributed by atoms with E-state index in [1.165, 1.54) is 13.2 Å². The molecule has 0 saturated heterocycles. The van der Waals surface area contributed by atoms with E-state index in [-0.39, 0.29) is 11.4 Å². The molecule has 2 N–H and O–H groups in total. The first-order chi connectivity index (χ1) is 10.4. The number of hydrogen-bond donors (Lipinski definition) is 1. The van der Waals surface area contributed by atoms with Gasteiger partial charge in [-0.3, -0.25) is 10.1 Å². The highest BCUT2D eigenvalue weighted by Gasteiger charge is 2.13. The first-order valence-electron chi connectivity index (χ1n) is 5.96. The molecular weight excluding hydrogens is 420 g/mol. The van der Waals surface area contributed by atoms with Gasteiger partial charge in [0.2, 0.25) is 0 Å². The summed E-state index contributed by atoms with van der Waals surface area (Å²) in [7, 11) is 3.00. The number of ether oxygens (including phenoxy) is 2. The lowest BCUT2D eigenvalue weighted by atomic mass is 10.3.